The van der Waals surface area contributed by atoms with Crippen molar-refractivity contribution in [1.29, 1.82) is 0 Å². The summed E-state index contributed by atoms with van der Waals surface area (Å²) in [5, 5.41) is 0.602. The molecule has 0 aliphatic carbocycles. The van der Waals surface area contributed by atoms with E-state index in [1.807, 2.05) is 20.8 Å². The third kappa shape index (κ3) is 3.51. The molecular formula is C15H18ClNO3. The second-order valence-corrected chi connectivity index (χ2v) is 6.39. The molecule has 0 spiro atoms. The molecule has 1 aromatic rings. The zero-order valence-corrected chi connectivity index (χ0v) is 12.6. The highest BCUT2D eigenvalue weighted by atomic mass is 35.5. The Kier molecular flexibility index (Phi) is 4.04. The summed E-state index contributed by atoms with van der Waals surface area (Å²) in [6, 6.07) is 6.81. The van der Waals surface area contributed by atoms with Crippen LogP contribution >= 0.6 is 11.6 Å². The van der Waals surface area contributed by atoms with Crippen LogP contribution in [0.2, 0.25) is 5.02 Å². The molecule has 1 aromatic carbocycles. The summed E-state index contributed by atoms with van der Waals surface area (Å²) in [5.74, 6) is -0.106. The number of amides is 1. The fourth-order valence-electron chi connectivity index (χ4n) is 1.97. The lowest BCUT2D eigenvalue weighted by molar-refractivity contribution is 0.00149. The van der Waals surface area contributed by atoms with E-state index < -0.39 is 5.60 Å². The molecule has 0 aromatic heterocycles. The molecule has 0 atom stereocenters. The highest BCUT2D eigenvalue weighted by molar-refractivity contribution is 6.30. The second kappa shape index (κ2) is 5.44. The van der Waals surface area contributed by atoms with Crippen molar-refractivity contribution in [2.24, 2.45) is 5.92 Å². The zero-order valence-electron chi connectivity index (χ0n) is 11.9. The summed E-state index contributed by atoms with van der Waals surface area (Å²) in [6.45, 7) is 6.29. The van der Waals surface area contributed by atoms with E-state index in [-0.39, 0.29) is 17.8 Å². The largest absolute Gasteiger partial charge is 0.444 e. The molecule has 0 bridgehead atoms. The molecule has 1 aliphatic rings. The quantitative estimate of drug-likeness (QED) is 0.786. The number of nitrogens with zero attached hydrogens (tertiary/aromatic N) is 1. The monoisotopic (exact) mass is 295 g/mol. The summed E-state index contributed by atoms with van der Waals surface area (Å²) >= 11 is 5.79. The number of carbonyl (C=O) groups excluding carboxylic acids is 2. The smallest absolute Gasteiger partial charge is 0.410 e. The van der Waals surface area contributed by atoms with Crippen LogP contribution in [0.5, 0.6) is 0 Å². The summed E-state index contributed by atoms with van der Waals surface area (Å²) in [4.78, 5) is 25.5. The third-order valence-electron chi connectivity index (χ3n) is 3.03. The van der Waals surface area contributed by atoms with Crippen LogP contribution in [-0.2, 0) is 4.74 Å². The number of Topliss-reactive ketones (excluding diaryl/α,β-unsaturated/α-hetero) is 1. The lowest BCUT2D eigenvalue weighted by Gasteiger charge is -2.38. The Balaban J connectivity index is 1.88. The van der Waals surface area contributed by atoms with E-state index in [1.165, 1.54) is 0 Å². The summed E-state index contributed by atoms with van der Waals surface area (Å²) in [5.41, 5.74) is 0.116. The van der Waals surface area contributed by atoms with Crippen molar-refractivity contribution in [1.82, 2.24) is 4.90 Å². The third-order valence-corrected chi connectivity index (χ3v) is 3.28. The summed E-state index contributed by atoms with van der Waals surface area (Å²) < 4.78 is 5.25. The molecule has 1 amide bonds. The molecule has 20 heavy (non-hydrogen) atoms. The van der Waals surface area contributed by atoms with Crippen LogP contribution in [-0.4, -0.2) is 35.5 Å². The molecular weight excluding hydrogens is 278 g/mol. The SMILES string of the molecule is CC(C)(C)OC(=O)N1CC(C(=O)c2ccc(Cl)cc2)C1. The lowest BCUT2D eigenvalue weighted by atomic mass is 9.91. The normalized spacial score (nSPS) is 15.7. The maximum absolute atomic E-state index is 12.2. The van der Waals surface area contributed by atoms with Crippen molar-refractivity contribution in [3.05, 3.63) is 34.9 Å². The van der Waals surface area contributed by atoms with E-state index in [0.717, 1.165) is 0 Å². The number of hydrogen-bond acceptors (Lipinski definition) is 3. The number of hydrogen-bond donors (Lipinski definition) is 0. The summed E-state index contributed by atoms with van der Waals surface area (Å²) in [6.07, 6.45) is -0.363. The maximum Gasteiger partial charge on any atom is 0.410 e. The molecule has 0 N–H and O–H groups in total. The van der Waals surface area contributed by atoms with Crippen molar-refractivity contribution in [2.45, 2.75) is 26.4 Å². The van der Waals surface area contributed by atoms with E-state index in [1.54, 1.807) is 29.2 Å². The average molecular weight is 296 g/mol. The van der Waals surface area contributed by atoms with Crippen molar-refractivity contribution in [3.63, 3.8) is 0 Å². The van der Waals surface area contributed by atoms with Crippen LogP contribution in [0, 0.1) is 5.92 Å². The van der Waals surface area contributed by atoms with Gasteiger partial charge in [0.05, 0.1) is 5.92 Å². The molecule has 0 saturated carbocycles. The number of ketones is 1. The van der Waals surface area contributed by atoms with Crippen LogP contribution in [0.1, 0.15) is 31.1 Å². The number of ether oxygens (including phenoxy) is 1. The first-order chi connectivity index (χ1) is 9.26. The van der Waals surface area contributed by atoms with Crippen molar-refractivity contribution < 1.29 is 14.3 Å². The molecule has 1 fully saturated rings. The molecule has 0 unspecified atom stereocenters. The fourth-order valence-corrected chi connectivity index (χ4v) is 2.10. The Morgan fingerprint density at radius 3 is 2.25 bits per heavy atom. The van der Waals surface area contributed by atoms with Crippen LogP contribution in [0.25, 0.3) is 0 Å². The van der Waals surface area contributed by atoms with E-state index in [4.69, 9.17) is 16.3 Å². The van der Waals surface area contributed by atoms with E-state index >= 15 is 0 Å². The highest BCUT2D eigenvalue weighted by Gasteiger charge is 2.37. The lowest BCUT2D eigenvalue weighted by Crippen LogP contribution is -2.54. The Bertz CT molecular complexity index is 513. The number of halogens is 1. The standard InChI is InChI=1S/C15H18ClNO3/c1-15(2,3)20-14(19)17-8-11(9-17)13(18)10-4-6-12(16)7-5-10/h4-7,11H,8-9H2,1-3H3. The fraction of sp³-hybridized carbons (Fsp3) is 0.467. The Morgan fingerprint density at radius 2 is 1.75 bits per heavy atom. The number of carbonyl (C=O) groups is 2. The number of benzene rings is 1. The van der Waals surface area contributed by atoms with Gasteiger partial charge in [-0.05, 0) is 45.0 Å². The second-order valence-electron chi connectivity index (χ2n) is 5.95. The van der Waals surface area contributed by atoms with Crippen molar-refractivity contribution in [2.75, 3.05) is 13.1 Å². The van der Waals surface area contributed by atoms with Gasteiger partial charge in [0.25, 0.3) is 0 Å². The molecule has 108 valence electrons. The van der Waals surface area contributed by atoms with Gasteiger partial charge in [-0.15, -0.1) is 0 Å². The van der Waals surface area contributed by atoms with Gasteiger partial charge in [-0.1, -0.05) is 11.6 Å². The molecule has 0 radical (unpaired) electrons. The molecule has 5 heteroatoms. The van der Waals surface area contributed by atoms with E-state index in [0.29, 0.717) is 23.7 Å². The zero-order chi connectivity index (χ0) is 14.9. The first-order valence-electron chi connectivity index (χ1n) is 6.54. The highest BCUT2D eigenvalue weighted by Crippen LogP contribution is 2.23. The molecule has 1 saturated heterocycles. The Morgan fingerprint density at radius 1 is 1.20 bits per heavy atom. The molecule has 1 heterocycles. The minimum atomic E-state index is -0.512. The first kappa shape index (κ1) is 14.9. The van der Waals surface area contributed by atoms with Gasteiger partial charge in [0.15, 0.2) is 5.78 Å². The van der Waals surface area contributed by atoms with E-state index in [9.17, 15) is 9.59 Å². The van der Waals surface area contributed by atoms with Crippen molar-refractivity contribution in [3.8, 4) is 0 Å². The van der Waals surface area contributed by atoms with Gasteiger partial charge in [0, 0.05) is 23.7 Å². The molecule has 2 rings (SSSR count). The van der Waals surface area contributed by atoms with E-state index in [2.05, 4.69) is 0 Å². The van der Waals surface area contributed by atoms with Crippen LogP contribution in [0.15, 0.2) is 24.3 Å². The van der Waals surface area contributed by atoms with Gasteiger partial charge in [-0.25, -0.2) is 4.79 Å². The van der Waals surface area contributed by atoms with Crippen molar-refractivity contribution >= 4 is 23.5 Å². The average Bonchev–Trinajstić information content (AvgIpc) is 2.25. The van der Waals surface area contributed by atoms with Gasteiger partial charge in [0.2, 0.25) is 0 Å². The van der Waals surface area contributed by atoms with Crippen LogP contribution in [0.3, 0.4) is 0 Å². The topological polar surface area (TPSA) is 46.6 Å². The molecule has 1 aliphatic heterocycles. The van der Waals surface area contributed by atoms with Crippen LogP contribution in [0.4, 0.5) is 4.79 Å². The first-order valence-corrected chi connectivity index (χ1v) is 6.92. The Hall–Kier alpha value is -1.55. The maximum atomic E-state index is 12.2. The minimum absolute atomic E-state index is 0.0430. The summed E-state index contributed by atoms with van der Waals surface area (Å²) in [7, 11) is 0. The predicted molar refractivity (Wildman–Crippen MR) is 77.1 cm³/mol. The predicted octanol–water partition coefficient (Wildman–Crippen LogP) is 3.39. The minimum Gasteiger partial charge on any atom is -0.444 e. The van der Waals surface area contributed by atoms with Gasteiger partial charge in [-0.3, -0.25) is 4.79 Å². The van der Waals surface area contributed by atoms with Gasteiger partial charge in [-0.2, -0.15) is 0 Å². The van der Waals surface area contributed by atoms with Crippen LogP contribution < -0.4 is 0 Å². The Labute approximate surface area is 123 Å². The van der Waals surface area contributed by atoms with Gasteiger partial charge >= 0.3 is 6.09 Å². The number of likely N-dealkylation sites (tertiary alicyclic amines) is 1. The van der Waals surface area contributed by atoms with Gasteiger partial charge < -0.3 is 9.64 Å². The molecule has 4 nitrogen and oxygen atoms in total. The van der Waals surface area contributed by atoms with Gasteiger partial charge in [0.1, 0.15) is 5.60 Å². The number of rotatable bonds is 2.